The van der Waals surface area contributed by atoms with E-state index >= 15 is 0 Å². The molecule has 1 amide bonds. The van der Waals surface area contributed by atoms with Gasteiger partial charge in [0.25, 0.3) is 5.91 Å². The van der Waals surface area contributed by atoms with Crippen LogP contribution >= 0.6 is 0 Å². The number of Topliss-reactive ketones (excluding diaryl/α,β-unsaturated/α-hetero) is 1. The molecular formula is C15H17NO5. The number of hydrogen-bond acceptors (Lipinski definition) is 5. The second-order valence-electron chi connectivity index (χ2n) is 5.55. The van der Waals surface area contributed by atoms with Gasteiger partial charge in [0.15, 0.2) is 5.79 Å². The van der Waals surface area contributed by atoms with E-state index in [9.17, 15) is 9.59 Å². The van der Waals surface area contributed by atoms with Crippen molar-refractivity contribution in [3.8, 4) is 5.75 Å². The number of ether oxygens (including phenoxy) is 3. The molecule has 2 atom stereocenters. The van der Waals surface area contributed by atoms with Crippen molar-refractivity contribution >= 4 is 17.4 Å². The Morgan fingerprint density at radius 1 is 1.24 bits per heavy atom. The summed E-state index contributed by atoms with van der Waals surface area (Å²) in [5.74, 6) is -0.985. The van der Waals surface area contributed by atoms with Gasteiger partial charge in [0, 0.05) is 5.69 Å². The number of benzene rings is 1. The van der Waals surface area contributed by atoms with Crippen molar-refractivity contribution in [3.63, 3.8) is 0 Å². The quantitative estimate of drug-likeness (QED) is 0.617. The minimum atomic E-state index is -0.727. The summed E-state index contributed by atoms with van der Waals surface area (Å²) in [5, 5.41) is 0. The largest absolute Gasteiger partial charge is 0.497 e. The maximum Gasteiger partial charge on any atom is 0.297 e. The van der Waals surface area contributed by atoms with E-state index in [0.29, 0.717) is 18.0 Å². The van der Waals surface area contributed by atoms with Crippen LogP contribution in [0.15, 0.2) is 24.3 Å². The van der Waals surface area contributed by atoms with E-state index < -0.39 is 29.6 Å². The minimum absolute atomic E-state index is 0.295. The molecule has 3 rings (SSSR count). The topological polar surface area (TPSA) is 65.1 Å². The maximum atomic E-state index is 11.9. The summed E-state index contributed by atoms with van der Waals surface area (Å²) in [6.07, 6.45) is -0.438. The van der Waals surface area contributed by atoms with Gasteiger partial charge in [-0.2, -0.15) is 0 Å². The van der Waals surface area contributed by atoms with E-state index in [1.165, 1.54) is 4.90 Å². The number of carbonyl (C=O) groups is 2. The van der Waals surface area contributed by atoms with Gasteiger partial charge in [0.1, 0.15) is 17.9 Å². The lowest BCUT2D eigenvalue weighted by Gasteiger charge is -2.41. The van der Waals surface area contributed by atoms with Crippen LogP contribution in [0.4, 0.5) is 5.69 Å². The van der Waals surface area contributed by atoms with Gasteiger partial charge < -0.3 is 14.2 Å². The number of hydrogen-bond donors (Lipinski definition) is 0. The zero-order valence-corrected chi connectivity index (χ0v) is 12.2. The summed E-state index contributed by atoms with van der Waals surface area (Å²) in [6, 6.07) is 6.37. The van der Waals surface area contributed by atoms with E-state index in [4.69, 9.17) is 14.2 Å². The molecule has 0 radical (unpaired) electrons. The molecule has 1 aromatic rings. The van der Waals surface area contributed by atoms with Gasteiger partial charge in [-0.1, -0.05) is 0 Å². The highest BCUT2D eigenvalue weighted by molar-refractivity contribution is 6.52. The van der Waals surface area contributed by atoms with E-state index in [2.05, 4.69) is 0 Å². The van der Waals surface area contributed by atoms with Crippen molar-refractivity contribution in [2.75, 3.05) is 18.6 Å². The van der Waals surface area contributed by atoms with E-state index in [0.717, 1.165) is 0 Å². The summed E-state index contributed by atoms with van der Waals surface area (Å²) >= 11 is 0. The van der Waals surface area contributed by atoms with Gasteiger partial charge in [0.2, 0.25) is 5.78 Å². The molecule has 2 fully saturated rings. The van der Waals surface area contributed by atoms with Gasteiger partial charge >= 0.3 is 0 Å². The van der Waals surface area contributed by atoms with Crippen LogP contribution in [0.2, 0.25) is 0 Å². The second-order valence-corrected chi connectivity index (χ2v) is 5.55. The molecule has 0 bridgehead atoms. The third-order valence-corrected chi connectivity index (χ3v) is 3.71. The summed E-state index contributed by atoms with van der Waals surface area (Å²) in [6.45, 7) is 3.87. The lowest BCUT2D eigenvalue weighted by atomic mass is 9.93. The number of β-lactam (4-membered cyclic amide) rings is 1. The van der Waals surface area contributed by atoms with Crippen molar-refractivity contribution in [3.05, 3.63) is 24.3 Å². The fraction of sp³-hybridized carbons (Fsp3) is 0.467. The first kappa shape index (κ1) is 14.0. The highest BCUT2D eigenvalue weighted by Crippen LogP contribution is 2.34. The molecule has 2 heterocycles. The van der Waals surface area contributed by atoms with Crippen LogP contribution in [0.1, 0.15) is 13.8 Å². The Morgan fingerprint density at radius 3 is 2.43 bits per heavy atom. The molecule has 0 aromatic heterocycles. The Balaban J connectivity index is 1.83. The molecule has 0 N–H and O–H groups in total. The molecule has 2 aliphatic heterocycles. The third-order valence-electron chi connectivity index (χ3n) is 3.71. The molecule has 2 saturated heterocycles. The normalized spacial score (nSPS) is 27.7. The first-order valence-electron chi connectivity index (χ1n) is 6.76. The molecule has 21 heavy (non-hydrogen) atoms. The van der Waals surface area contributed by atoms with Crippen molar-refractivity contribution in [1.29, 1.82) is 0 Å². The number of amides is 1. The van der Waals surface area contributed by atoms with Crippen LogP contribution < -0.4 is 9.64 Å². The Bertz CT molecular complexity index is 580. The molecule has 1 aromatic carbocycles. The first-order chi connectivity index (χ1) is 9.93. The number of nitrogens with zero attached hydrogens (tertiary/aromatic N) is 1. The molecule has 2 aliphatic rings. The van der Waals surface area contributed by atoms with E-state index in [1.54, 1.807) is 45.2 Å². The van der Waals surface area contributed by atoms with E-state index in [-0.39, 0.29) is 0 Å². The first-order valence-corrected chi connectivity index (χ1v) is 6.76. The number of ketones is 1. The predicted octanol–water partition coefficient (Wildman–Crippen LogP) is 1.13. The molecule has 6 nitrogen and oxygen atoms in total. The zero-order chi connectivity index (χ0) is 15.2. The Kier molecular flexibility index (Phi) is 3.22. The molecule has 2 unspecified atom stereocenters. The van der Waals surface area contributed by atoms with Gasteiger partial charge in [0.05, 0.1) is 13.7 Å². The fourth-order valence-corrected chi connectivity index (χ4v) is 2.65. The lowest BCUT2D eigenvalue weighted by Crippen LogP contribution is -2.67. The highest BCUT2D eigenvalue weighted by atomic mass is 16.7. The van der Waals surface area contributed by atoms with Crippen LogP contribution in [-0.4, -0.2) is 43.3 Å². The smallest absolute Gasteiger partial charge is 0.297 e. The van der Waals surface area contributed by atoms with Crippen LogP contribution in [-0.2, 0) is 19.1 Å². The summed E-state index contributed by atoms with van der Waals surface area (Å²) in [7, 11) is 1.57. The highest BCUT2D eigenvalue weighted by Gasteiger charge is 2.54. The van der Waals surface area contributed by atoms with E-state index in [1.807, 2.05) is 0 Å². The van der Waals surface area contributed by atoms with Gasteiger partial charge in [-0.15, -0.1) is 0 Å². The third kappa shape index (κ3) is 2.30. The molecular weight excluding hydrogens is 274 g/mol. The van der Waals surface area contributed by atoms with Crippen molar-refractivity contribution in [1.82, 2.24) is 0 Å². The summed E-state index contributed by atoms with van der Waals surface area (Å²) in [4.78, 5) is 25.3. The Morgan fingerprint density at radius 2 is 1.90 bits per heavy atom. The standard InChI is InChI=1S/C15H17NO5/c1-15(2)20-8-11(21-15)12-13(17)14(18)16(12)9-4-6-10(19-3)7-5-9/h4-7,11-12H,8H2,1-3H3. The van der Waals surface area contributed by atoms with Crippen LogP contribution in [0.25, 0.3) is 0 Å². The number of rotatable bonds is 3. The minimum Gasteiger partial charge on any atom is -0.497 e. The van der Waals surface area contributed by atoms with Crippen molar-refractivity contribution in [2.24, 2.45) is 0 Å². The summed E-state index contributed by atoms with van der Waals surface area (Å²) < 4.78 is 16.3. The van der Waals surface area contributed by atoms with Gasteiger partial charge in [-0.25, -0.2) is 0 Å². The molecule has 6 heteroatoms. The molecule has 0 spiro atoms. The lowest BCUT2D eigenvalue weighted by molar-refractivity contribution is -0.156. The SMILES string of the molecule is COc1ccc(N2C(=O)C(=O)C2C2COC(C)(C)O2)cc1. The van der Waals surface area contributed by atoms with Crippen LogP contribution in [0.3, 0.4) is 0 Å². The van der Waals surface area contributed by atoms with Crippen LogP contribution in [0.5, 0.6) is 5.75 Å². The van der Waals surface area contributed by atoms with Crippen molar-refractivity contribution in [2.45, 2.75) is 31.8 Å². The maximum absolute atomic E-state index is 11.9. The molecule has 0 saturated carbocycles. The Hall–Kier alpha value is -1.92. The average Bonchev–Trinajstić information content (AvgIpc) is 2.83. The van der Waals surface area contributed by atoms with Gasteiger partial charge in [-0.3, -0.25) is 14.5 Å². The van der Waals surface area contributed by atoms with Crippen LogP contribution in [0, 0.1) is 0 Å². The average molecular weight is 291 g/mol. The fourth-order valence-electron chi connectivity index (χ4n) is 2.65. The predicted molar refractivity (Wildman–Crippen MR) is 74.2 cm³/mol. The van der Waals surface area contributed by atoms with Gasteiger partial charge in [-0.05, 0) is 38.1 Å². The summed E-state index contributed by atoms with van der Waals surface area (Å²) in [5.41, 5.74) is 0.652. The second kappa shape index (κ2) is 4.82. The molecule has 0 aliphatic carbocycles. The number of methoxy groups -OCH3 is 1. The molecule has 112 valence electrons. The zero-order valence-electron chi connectivity index (χ0n) is 12.2. The monoisotopic (exact) mass is 291 g/mol. The Labute approximate surface area is 122 Å². The van der Waals surface area contributed by atoms with Crippen molar-refractivity contribution < 1.29 is 23.8 Å². The number of carbonyl (C=O) groups excluding carboxylic acids is 2. The number of anilines is 1.